The third-order valence-electron chi connectivity index (χ3n) is 3.05. The van der Waals surface area contributed by atoms with E-state index < -0.39 is 6.09 Å². The van der Waals surface area contributed by atoms with Crippen LogP contribution in [0.2, 0.25) is 0 Å². The van der Waals surface area contributed by atoms with Gasteiger partial charge in [-0.3, -0.25) is 5.32 Å². The maximum absolute atomic E-state index is 11.9. The maximum Gasteiger partial charge on any atom is 0.412 e. The first kappa shape index (κ1) is 13.2. The molecule has 2 heterocycles. The summed E-state index contributed by atoms with van der Waals surface area (Å²) in [5.74, 6) is 0. The molecule has 1 amide bonds. The molecule has 0 unspecified atom stereocenters. The molecular weight excluding hydrogens is 266 g/mol. The fourth-order valence-corrected chi connectivity index (χ4v) is 2.10. The normalized spacial score (nSPS) is 10.5. The summed E-state index contributed by atoms with van der Waals surface area (Å²) in [4.78, 5) is 16.2. The highest BCUT2D eigenvalue weighted by atomic mass is 16.5. The van der Waals surface area contributed by atoms with Gasteiger partial charge >= 0.3 is 6.09 Å². The summed E-state index contributed by atoms with van der Waals surface area (Å²) in [5.41, 5.74) is 3.17. The van der Waals surface area contributed by atoms with Gasteiger partial charge in [0.15, 0.2) is 5.65 Å². The Kier molecular flexibility index (Phi) is 3.55. The molecule has 1 N–H and O–H groups in total. The lowest BCUT2D eigenvalue weighted by Crippen LogP contribution is -2.14. The van der Waals surface area contributed by atoms with Crippen LogP contribution >= 0.6 is 0 Å². The minimum Gasteiger partial charge on any atom is -0.444 e. The molecule has 3 rings (SSSR count). The third kappa shape index (κ3) is 3.02. The van der Waals surface area contributed by atoms with Gasteiger partial charge in [0.25, 0.3) is 0 Å². The molecule has 0 atom stereocenters. The number of fused-ring (bicyclic) bond motifs is 1. The molecule has 0 saturated carbocycles. The quantitative estimate of drug-likeness (QED) is 0.800. The Morgan fingerprint density at radius 2 is 2.05 bits per heavy atom. The number of ether oxygens (including phenoxy) is 1. The van der Waals surface area contributed by atoms with Crippen LogP contribution in [-0.2, 0) is 11.3 Å². The summed E-state index contributed by atoms with van der Waals surface area (Å²) in [6.07, 6.45) is 3.29. The van der Waals surface area contributed by atoms with Gasteiger partial charge in [-0.1, -0.05) is 30.3 Å². The molecule has 3 aromatic rings. The first-order valence-electron chi connectivity index (χ1n) is 6.64. The first-order valence-corrected chi connectivity index (χ1v) is 6.64. The number of nitrogens with one attached hydrogen (secondary N) is 1. The molecule has 0 spiro atoms. The Morgan fingerprint density at radius 3 is 2.86 bits per heavy atom. The highest BCUT2D eigenvalue weighted by molar-refractivity contribution is 5.89. The van der Waals surface area contributed by atoms with E-state index in [1.807, 2.05) is 60.1 Å². The highest BCUT2D eigenvalue weighted by Gasteiger charge is 2.08. The van der Waals surface area contributed by atoms with E-state index in [2.05, 4.69) is 10.3 Å². The Bertz CT molecular complexity index is 766. The Labute approximate surface area is 122 Å². The minimum atomic E-state index is -0.493. The number of imidazole rings is 1. The van der Waals surface area contributed by atoms with Crippen LogP contribution in [0.3, 0.4) is 0 Å². The largest absolute Gasteiger partial charge is 0.444 e. The fraction of sp³-hybridized carbons (Fsp3) is 0.125. The number of aromatic nitrogens is 2. The number of carbonyl (C=O) groups excluding carboxylic acids is 1. The van der Waals surface area contributed by atoms with Gasteiger partial charge in [0.1, 0.15) is 6.61 Å². The van der Waals surface area contributed by atoms with Gasteiger partial charge in [0.05, 0.1) is 11.4 Å². The second kappa shape index (κ2) is 5.66. The monoisotopic (exact) mass is 281 g/mol. The number of hydrogen-bond acceptors (Lipinski definition) is 3. The standard InChI is InChI=1S/C16H15N3O2/c1-12-10-19-9-5-8-14(15(19)17-12)18-16(20)21-11-13-6-3-2-4-7-13/h2-10H,11H2,1H3,(H,18,20). The minimum absolute atomic E-state index is 0.239. The smallest absolute Gasteiger partial charge is 0.412 e. The van der Waals surface area contributed by atoms with Crippen LogP contribution in [0.25, 0.3) is 5.65 Å². The van der Waals surface area contributed by atoms with Crippen LogP contribution in [0.5, 0.6) is 0 Å². The number of rotatable bonds is 3. The van der Waals surface area contributed by atoms with Crippen LogP contribution in [-0.4, -0.2) is 15.5 Å². The second-order valence-corrected chi connectivity index (χ2v) is 4.72. The Balaban J connectivity index is 1.69. The average Bonchev–Trinajstić information content (AvgIpc) is 2.88. The molecule has 21 heavy (non-hydrogen) atoms. The van der Waals surface area contributed by atoms with Crippen molar-refractivity contribution in [3.8, 4) is 0 Å². The van der Waals surface area contributed by atoms with E-state index in [4.69, 9.17) is 4.74 Å². The van der Waals surface area contributed by atoms with E-state index in [0.29, 0.717) is 11.3 Å². The SMILES string of the molecule is Cc1cn2cccc(NC(=O)OCc3ccccc3)c2n1. The van der Waals surface area contributed by atoms with Gasteiger partial charge in [-0.05, 0) is 24.6 Å². The molecule has 0 bridgehead atoms. The van der Waals surface area contributed by atoms with E-state index in [9.17, 15) is 4.79 Å². The lowest BCUT2D eigenvalue weighted by Gasteiger charge is -2.07. The van der Waals surface area contributed by atoms with Gasteiger partial charge < -0.3 is 9.14 Å². The van der Waals surface area contributed by atoms with Crippen molar-refractivity contribution in [2.75, 3.05) is 5.32 Å². The van der Waals surface area contributed by atoms with E-state index in [-0.39, 0.29) is 6.61 Å². The van der Waals surface area contributed by atoms with Crippen LogP contribution in [0.15, 0.2) is 54.9 Å². The number of hydrogen-bond donors (Lipinski definition) is 1. The average molecular weight is 281 g/mol. The highest BCUT2D eigenvalue weighted by Crippen LogP contribution is 2.16. The first-order chi connectivity index (χ1) is 10.2. The Hall–Kier alpha value is -2.82. The van der Waals surface area contributed by atoms with E-state index >= 15 is 0 Å². The van der Waals surface area contributed by atoms with Crippen molar-refractivity contribution in [2.45, 2.75) is 13.5 Å². The number of pyridine rings is 1. The van der Waals surface area contributed by atoms with Crippen molar-refractivity contribution in [3.63, 3.8) is 0 Å². The van der Waals surface area contributed by atoms with Crippen LogP contribution < -0.4 is 5.32 Å². The summed E-state index contributed by atoms with van der Waals surface area (Å²) in [6.45, 7) is 2.15. The molecule has 0 saturated heterocycles. The zero-order chi connectivity index (χ0) is 14.7. The molecule has 0 aliphatic carbocycles. The van der Waals surface area contributed by atoms with E-state index in [1.165, 1.54) is 0 Å². The van der Waals surface area contributed by atoms with Gasteiger partial charge in [-0.25, -0.2) is 9.78 Å². The molecule has 0 fully saturated rings. The summed E-state index contributed by atoms with van der Waals surface area (Å²) < 4.78 is 7.06. The molecular formula is C16H15N3O2. The second-order valence-electron chi connectivity index (χ2n) is 4.72. The van der Waals surface area contributed by atoms with Crippen molar-refractivity contribution in [1.29, 1.82) is 0 Å². The topological polar surface area (TPSA) is 55.6 Å². The number of carbonyl (C=O) groups is 1. The fourth-order valence-electron chi connectivity index (χ4n) is 2.10. The third-order valence-corrected chi connectivity index (χ3v) is 3.05. The van der Waals surface area contributed by atoms with Crippen molar-refractivity contribution < 1.29 is 9.53 Å². The van der Waals surface area contributed by atoms with Gasteiger partial charge in [-0.15, -0.1) is 0 Å². The van der Waals surface area contributed by atoms with Crippen molar-refractivity contribution in [2.24, 2.45) is 0 Å². The maximum atomic E-state index is 11.9. The van der Waals surface area contributed by atoms with Gasteiger partial charge in [-0.2, -0.15) is 0 Å². The van der Waals surface area contributed by atoms with Crippen molar-refractivity contribution in [3.05, 3.63) is 66.1 Å². The number of benzene rings is 1. The number of amides is 1. The predicted molar refractivity (Wildman–Crippen MR) is 80.2 cm³/mol. The molecule has 0 aliphatic rings. The zero-order valence-electron chi connectivity index (χ0n) is 11.6. The van der Waals surface area contributed by atoms with Gasteiger partial charge in [0, 0.05) is 12.4 Å². The molecule has 5 nitrogen and oxygen atoms in total. The van der Waals surface area contributed by atoms with Gasteiger partial charge in [0.2, 0.25) is 0 Å². The number of aryl methyl sites for hydroxylation is 1. The lowest BCUT2D eigenvalue weighted by atomic mass is 10.2. The van der Waals surface area contributed by atoms with Crippen LogP contribution in [0.4, 0.5) is 10.5 Å². The summed E-state index contributed by atoms with van der Waals surface area (Å²) in [7, 11) is 0. The van der Waals surface area contributed by atoms with Crippen LogP contribution in [0.1, 0.15) is 11.3 Å². The van der Waals surface area contributed by atoms with Crippen molar-refractivity contribution >= 4 is 17.4 Å². The molecule has 106 valence electrons. The number of anilines is 1. The van der Waals surface area contributed by atoms with E-state index in [1.54, 1.807) is 6.07 Å². The molecule has 2 aromatic heterocycles. The summed E-state index contributed by atoms with van der Waals surface area (Å²) >= 11 is 0. The van der Waals surface area contributed by atoms with Crippen LogP contribution in [0, 0.1) is 6.92 Å². The molecule has 0 radical (unpaired) electrons. The molecule has 5 heteroatoms. The lowest BCUT2D eigenvalue weighted by molar-refractivity contribution is 0.155. The Morgan fingerprint density at radius 1 is 1.24 bits per heavy atom. The zero-order valence-corrected chi connectivity index (χ0v) is 11.6. The van der Waals surface area contributed by atoms with E-state index in [0.717, 1.165) is 11.3 Å². The summed E-state index contributed by atoms with van der Waals surface area (Å²) in [5, 5.41) is 2.72. The van der Waals surface area contributed by atoms with Crippen molar-refractivity contribution in [1.82, 2.24) is 9.38 Å². The molecule has 1 aromatic carbocycles. The number of nitrogens with zero attached hydrogens (tertiary/aromatic N) is 2. The predicted octanol–water partition coefficient (Wildman–Crippen LogP) is 3.39. The molecule has 0 aliphatic heterocycles. The summed E-state index contributed by atoms with van der Waals surface area (Å²) in [6, 6.07) is 13.2.